The van der Waals surface area contributed by atoms with Crippen molar-refractivity contribution in [2.75, 3.05) is 20.3 Å². The van der Waals surface area contributed by atoms with Crippen LogP contribution in [0, 0.1) is 0 Å². The first-order valence-electron chi connectivity index (χ1n) is 7.46. The summed E-state index contributed by atoms with van der Waals surface area (Å²) >= 11 is 0. The molecule has 0 aromatic rings. The Kier molecular flexibility index (Phi) is 6.87. The van der Waals surface area contributed by atoms with Crippen LogP contribution in [0.25, 0.3) is 0 Å². The summed E-state index contributed by atoms with van der Waals surface area (Å²) in [5, 5.41) is 68.1. The van der Waals surface area contributed by atoms with Gasteiger partial charge in [0.05, 0.1) is 13.2 Å². The van der Waals surface area contributed by atoms with Crippen LogP contribution >= 0.6 is 0 Å². The Bertz CT molecular complexity index is 394. The molecule has 142 valence electrons. The van der Waals surface area contributed by atoms with Gasteiger partial charge in [-0.25, -0.2) is 0 Å². The van der Waals surface area contributed by atoms with Crippen LogP contribution in [0.1, 0.15) is 0 Å². The summed E-state index contributed by atoms with van der Waals surface area (Å²) in [5.41, 5.74) is 0. The Morgan fingerprint density at radius 3 is 1.92 bits per heavy atom. The third kappa shape index (κ3) is 3.71. The van der Waals surface area contributed by atoms with E-state index in [4.69, 9.17) is 24.1 Å². The topological polar surface area (TPSA) is 179 Å². The molecule has 2 saturated heterocycles. The van der Waals surface area contributed by atoms with E-state index in [1.807, 2.05) is 0 Å². The van der Waals surface area contributed by atoms with Gasteiger partial charge < -0.3 is 54.7 Å². The van der Waals surface area contributed by atoms with E-state index in [0.29, 0.717) is 0 Å². The Morgan fingerprint density at radius 2 is 1.38 bits per heavy atom. The molecule has 2 aliphatic rings. The highest BCUT2D eigenvalue weighted by molar-refractivity contribution is 4.94. The molecule has 24 heavy (non-hydrogen) atoms. The molecule has 0 radical (unpaired) electrons. The van der Waals surface area contributed by atoms with Crippen LogP contribution in [-0.2, 0) is 18.9 Å². The Hall–Kier alpha value is -0.440. The first-order valence-corrected chi connectivity index (χ1v) is 7.46. The quantitative estimate of drug-likeness (QED) is 0.251. The lowest BCUT2D eigenvalue weighted by Gasteiger charge is -2.45. The lowest BCUT2D eigenvalue weighted by Crippen LogP contribution is -2.64. The number of hydrogen-bond donors (Lipinski definition) is 7. The minimum atomic E-state index is -1.73. The molecular formula is C13H24O11. The van der Waals surface area contributed by atoms with Gasteiger partial charge in [-0.1, -0.05) is 0 Å². The van der Waals surface area contributed by atoms with E-state index >= 15 is 0 Å². The summed E-state index contributed by atoms with van der Waals surface area (Å²) in [6, 6.07) is 0. The SMILES string of the molecule is CO[C@@H]1C(CO)O[C@@H](OC2C(O)[C@H](O)O[C@@H](CO)[C@H]2O)C(O)[C@H]1O. The maximum absolute atomic E-state index is 10.1. The maximum Gasteiger partial charge on any atom is 0.187 e. The zero-order valence-corrected chi connectivity index (χ0v) is 13.0. The average Bonchev–Trinajstić information content (AvgIpc) is 2.58. The summed E-state index contributed by atoms with van der Waals surface area (Å²) in [4.78, 5) is 0. The second-order valence-electron chi connectivity index (χ2n) is 5.74. The van der Waals surface area contributed by atoms with Gasteiger partial charge >= 0.3 is 0 Å². The molecule has 0 bridgehead atoms. The lowest BCUT2D eigenvalue weighted by atomic mass is 9.97. The van der Waals surface area contributed by atoms with E-state index in [9.17, 15) is 30.6 Å². The number of ether oxygens (including phenoxy) is 4. The van der Waals surface area contributed by atoms with Gasteiger partial charge in [-0.3, -0.25) is 0 Å². The minimum Gasteiger partial charge on any atom is -0.394 e. The van der Waals surface area contributed by atoms with E-state index in [0.717, 1.165) is 0 Å². The van der Waals surface area contributed by atoms with Crippen LogP contribution in [0.3, 0.4) is 0 Å². The standard InChI is InChI=1S/C13H24O11/c1-21-10-5(3-15)23-13(8(18)7(10)17)24-11-6(16)4(2-14)22-12(20)9(11)19/h4-20H,2-3H2,1H3/t4-,5?,6+,7+,8?,9?,10+,11?,12+,13-/m0/s1. The number of rotatable bonds is 5. The molecule has 0 saturated carbocycles. The summed E-state index contributed by atoms with van der Waals surface area (Å²) in [6.07, 6.45) is -14.3. The fraction of sp³-hybridized carbons (Fsp3) is 1.00. The van der Waals surface area contributed by atoms with Crippen LogP contribution in [0.2, 0.25) is 0 Å². The average molecular weight is 356 g/mol. The monoisotopic (exact) mass is 356 g/mol. The third-order valence-corrected chi connectivity index (χ3v) is 4.22. The molecular weight excluding hydrogens is 332 g/mol. The molecule has 0 aromatic heterocycles. The van der Waals surface area contributed by atoms with E-state index in [1.54, 1.807) is 0 Å². The largest absolute Gasteiger partial charge is 0.394 e. The first-order chi connectivity index (χ1) is 11.3. The molecule has 0 aliphatic carbocycles. The minimum absolute atomic E-state index is 0.539. The number of aliphatic hydroxyl groups excluding tert-OH is 7. The van der Waals surface area contributed by atoms with Crippen LogP contribution in [0.5, 0.6) is 0 Å². The van der Waals surface area contributed by atoms with Crippen molar-refractivity contribution in [2.45, 2.75) is 61.4 Å². The van der Waals surface area contributed by atoms with Crippen molar-refractivity contribution in [3.8, 4) is 0 Å². The number of aliphatic hydroxyl groups is 7. The molecule has 0 aromatic carbocycles. The summed E-state index contributed by atoms with van der Waals surface area (Å²) in [7, 11) is 1.27. The number of methoxy groups -OCH3 is 1. The highest BCUT2D eigenvalue weighted by Crippen LogP contribution is 2.29. The van der Waals surface area contributed by atoms with E-state index in [2.05, 4.69) is 0 Å². The molecule has 0 spiro atoms. The predicted molar refractivity (Wildman–Crippen MR) is 73.4 cm³/mol. The van der Waals surface area contributed by atoms with Crippen LogP contribution in [0.15, 0.2) is 0 Å². The molecule has 7 N–H and O–H groups in total. The van der Waals surface area contributed by atoms with Crippen molar-refractivity contribution in [1.29, 1.82) is 0 Å². The summed E-state index contributed by atoms with van der Waals surface area (Å²) in [6.45, 7) is -1.19. The molecule has 4 unspecified atom stereocenters. The summed E-state index contributed by atoms with van der Waals surface area (Å²) < 4.78 is 20.4. The fourth-order valence-corrected chi connectivity index (χ4v) is 2.84. The third-order valence-electron chi connectivity index (χ3n) is 4.22. The number of hydrogen-bond acceptors (Lipinski definition) is 11. The van der Waals surface area contributed by atoms with E-state index in [1.165, 1.54) is 7.11 Å². The van der Waals surface area contributed by atoms with Crippen molar-refractivity contribution in [3.63, 3.8) is 0 Å². The second-order valence-corrected chi connectivity index (χ2v) is 5.74. The van der Waals surface area contributed by atoms with Gasteiger partial charge in [0.25, 0.3) is 0 Å². The smallest absolute Gasteiger partial charge is 0.187 e. The zero-order valence-electron chi connectivity index (χ0n) is 13.0. The van der Waals surface area contributed by atoms with E-state index in [-0.39, 0.29) is 0 Å². The Labute approximate surface area is 137 Å². The Balaban J connectivity index is 2.12. The van der Waals surface area contributed by atoms with Gasteiger partial charge in [0.1, 0.15) is 48.8 Å². The van der Waals surface area contributed by atoms with Crippen LogP contribution in [0.4, 0.5) is 0 Å². The van der Waals surface area contributed by atoms with Gasteiger partial charge in [0.2, 0.25) is 0 Å². The van der Waals surface area contributed by atoms with Crippen molar-refractivity contribution >= 4 is 0 Å². The highest BCUT2D eigenvalue weighted by atomic mass is 16.7. The molecule has 2 aliphatic heterocycles. The fourth-order valence-electron chi connectivity index (χ4n) is 2.84. The molecule has 2 fully saturated rings. The van der Waals surface area contributed by atoms with Gasteiger partial charge in [-0.2, -0.15) is 0 Å². The van der Waals surface area contributed by atoms with E-state index < -0.39 is 74.6 Å². The van der Waals surface area contributed by atoms with Crippen LogP contribution in [-0.4, -0.2) is 117 Å². The molecule has 0 amide bonds. The molecule has 11 heteroatoms. The van der Waals surface area contributed by atoms with Gasteiger partial charge in [0.15, 0.2) is 12.6 Å². The van der Waals surface area contributed by atoms with Crippen molar-refractivity contribution < 1.29 is 54.7 Å². The van der Waals surface area contributed by atoms with Crippen molar-refractivity contribution in [1.82, 2.24) is 0 Å². The first kappa shape index (κ1) is 19.9. The van der Waals surface area contributed by atoms with Gasteiger partial charge in [0, 0.05) is 7.11 Å². The highest BCUT2D eigenvalue weighted by Gasteiger charge is 2.50. The van der Waals surface area contributed by atoms with Crippen molar-refractivity contribution in [2.24, 2.45) is 0 Å². The normalized spacial score (nSPS) is 50.0. The van der Waals surface area contributed by atoms with Gasteiger partial charge in [-0.15, -0.1) is 0 Å². The lowest BCUT2D eigenvalue weighted by molar-refractivity contribution is -0.356. The predicted octanol–water partition coefficient (Wildman–Crippen LogP) is -4.74. The van der Waals surface area contributed by atoms with Gasteiger partial charge in [-0.05, 0) is 0 Å². The molecule has 10 atom stereocenters. The second kappa shape index (κ2) is 8.29. The van der Waals surface area contributed by atoms with Crippen LogP contribution < -0.4 is 0 Å². The van der Waals surface area contributed by atoms with Crippen molar-refractivity contribution in [3.05, 3.63) is 0 Å². The molecule has 2 heterocycles. The molecule has 11 nitrogen and oxygen atoms in total. The Morgan fingerprint density at radius 1 is 0.750 bits per heavy atom. The maximum atomic E-state index is 10.1. The molecule has 2 rings (SSSR count). The summed E-state index contributed by atoms with van der Waals surface area (Å²) in [5.74, 6) is 0. The zero-order chi connectivity index (χ0) is 18.0.